The summed E-state index contributed by atoms with van der Waals surface area (Å²) in [5.74, 6) is -0.577. The fourth-order valence-electron chi connectivity index (χ4n) is 0.592. The van der Waals surface area contributed by atoms with Gasteiger partial charge in [0.15, 0.2) is 0 Å². The topological polar surface area (TPSA) is 26.3 Å². The molecule has 0 aliphatic carbocycles. The van der Waals surface area contributed by atoms with Crippen molar-refractivity contribution in [3.8, 4) is 5.75 Å². The van der Waals surface area contributed by atoms with Crippen LogP contribution in [-0.2, 0) is 4.70 Å². The summed E-state index contributed by atoms with van der Waals surface area (Å²) in [6.45, 7) is 0. The molecule has 2 nitrogen and oxygen atoms in total. The monoisotopic (exact) mass is 138 g/mol. The van der Waals surface area contributed by atoms with Crippen LogP contribution < -0.4 is 4.65 Å². The van der Waals surface area contributed by atoms with E-state index in [4.69, 9.17) is 0 Å². The Balaban J connectivity index is 2.91. The van der Waals surface area contributed by atoms with E-state index in [1.807, 2.05) is 0 Å². The summed E-state index contributed by atoms with van der Waals surface area (Å²) >= 11 is 0. The molecular formula is C6H4BFO2. The van der Waals surface area contributed by atoms with Crippen LogP contribution in [0.4, 0.5) is 4.39 Å². The third-order valence-electron chi connectivity index (χ3n) is 1.01. The Labute approximate surface area is 57.9 Å². The molecule has 0 aliphatic rings. The predicted molar refractivity (Wildman–Crippen MR) is 33.5 cm³/mol. The molecule has 10 heavy (non-hydrogen) atoms. The van der Waals surface area contributed by atoms with Crippen LogP contribution in [0.15, 0.2) is 24.3 Å². The molecule has 0 saturated carbocycles. The van der Waals surface area contributed by atoms with E-state index < -0.39 is 5.82 Å². The molecule has 1 rings (SSSR count). The third-order valence-corrected chi connectivity index (χ3v) is 1.01. The molecular weight excluding hydrogens is 134 g/mol. The van der Waals surface area contributed by atoms with Crippen molar-refractivity contribution in [1.29, 1.82) is 0 Å². The Morgan fingerprint density at radius 3 is 2.70 bits per heavy atom. The standard InChI is InChI=1S/C6H4BFO2/c8-5-3-1-2-4-6(5)10-7-9/h1-4H. The van der Waals surface area contributed by atoms with Gasteiger partial charge in [0.25, 0.3) is 0 Å². The van der Waals surface area contributed by atoms with E-state index in [0.29, 0.717) is 0 Å². The number of hydrogen-bond donors (Lipinski definition) is 0. The third kappa shape index (κ3) is 1.40. The van der Waals surface area contributed by atoms with Gasteiger partial charge in [-0.3, -0.25) is 0 Å². The summed E-state index contributed by atoms with van der Waals surface area (Å²) in [5.41, 5.74) is 0. The molecule has 0 fully saturated rings. The molecule has 0 bridgehead atoms. The molecule has 0 heterocycles. The van der Waals surface area contributed by atoms with Crippen LogP contribution >= 0.6 is 0 Å². The van der Waals surface area contributed by atoms with Gasteiger partial charge in [0.05, 0.1) is 0 Å². The molecule has 0 amide bonds. The molecule has 0 atom stereocenters. The summed E-state index contributed by atoms with van der Waals surface area (Å²) in [4.78, 5) is 0. The first-order valence-electron chi connectivity index (χ1n) is 2.69. The number of rotatable bonds is 2. The van der Waals surface area contributed by atoms with Crippen molar-refractivity contribution in [2.45, 2.75) is 0 Å². The van der Waals surface area contributed by atoms with Gasteiger partial charge in [-0.2, -0.15) is 0 Å². The van der Waals surface area contributed by atoms with Crippen molar-refractivity contribution in [2.75, 3.05) is 0 Å². The fourth-order valence-corrected chi connectivity index (χ4v) is 0.592. The van der Waals surface area contributed by atoms with Gasteiger partial charge in [0.2, 0.25) is 0 Å². The Kier molecular flexibility index (Phi) is 2.15. The van der Waals surface area contributed by atoms with Crippen molar-refractivity contribution in [3.05, 3.63) is 30.1 Å². The minimum atomic E-state index is -0.533. The van der Waals surface area contributed by atoms with Crippen LogP contribution in [0.1, 0.15) is 0 Å². The molecule has 0 aromatic heterocycles. The predicted octanol–water partition coefficient (Wildman–Crippen LogP) is 1.17. The van der Waals surface area contributed by atoms with Crippen molar-refractivity contribution in [3.63, 3.8) is 0 Å². The maximum atomic E-state index is 12.5. The number of para-hydroxylation sites is 1. The van der Waals surface area contributed by atoms with Crippen LogP contribution in [-0.4, -0.2) is 7.35 Å². The van der Waals surface area contributed by atoms with E-state index in [1.165, 1.54) is 18.2 Å². The first-order valence-corrected chi connectivity index (χ1v) is 2.69. The molecule has 4 heteroatoms. The minimum absolute atomic E-state index is 0.0440. The van der Waals surface area contributed by atoms with E-state index >= 15 is 0 Å². The number of hydrogen-bond acceptors (Lipinski definition) is 2. The summed E-state index contributed by atoms with van der Waals surface area (Å²) in [6.07, 6.45) is 0. The Morgan fingerprint density at radius 1 is 1.40 bits per heavy atom. The van der Waals surface area contributed by atoms with Gasteiger partial charge >= 0.3 is 56.9 Å². The average molecular weight is 138 g/mol. The fraction of sp³-hybridized carbons (Fsp3) is 0. The number of benzene rings is 1. The normalized spacial score (nSPS) is 8.50. The molecule has 0 unspecified atom stereocenters. The van der Waals surface area contributed by atoms with Crippen LogP contribution in [0.2, 0.25) is 0 Å². The SMILES string of the molecule is O=BOc1ccccc1F. The molecule has 0 spiro atoms. The van der Waals surface area contributed by atoms with Gasteiger partial charge < -0.3 is 0 Å². The molecule has 0 saturated heterocycles. The molecule has 1 aromatic carbocycles. The quantitative estimate of drug-likeness (QED) is 0.573. The zero-order valence-corrected chi connectivity index (χ0v) is 5.08. The Hall–Kier alpha value is -1.19. The van der Waals surface area contributed by atoms with Crippen molar-refractivity contribution in [2.24, 2.45) is 0 Å². The summed E-state index contributed by atoms with van der Waals surface area (Å²) in [7, 11) is 0.193. The van der Waals surface area contributed by atoms with Crippen molar-refractivity contribution in [1.82, 2.24) is 0 Å². The van der Waals surface area contributed by atoms with Crippen LogP contribution in [0.5, 0.6) is 5.75 Å². The van der Waals surface area contributed by atoms with Gasteiger partial charge in [-0.1, -0.05) is 0 Å². The summed E-state index contributed by atoms with van der Waals surface area (Å²) < 4.78 is 26.5. The molecule has 50 valence electrons. The first kappa shape index (κ1) is 6.93. The van der Waals surface area contributed by atoms with E-state index in [1.54, 1.807) is 6.07 Å². The van der Waals surface area contributed by atoms with Crippen molar-refractivity contribution < 1.29 is 13.7 Å². The van der Waals surface area contributed by atoms with Crippen LogP contribution in [0.25, 0.3) is 0 Å². The van der Waals surface area contributed by atoms with Gasteiger partial charge in [0.1, 0.15) is 0 Å². The summed E-state index contributed by atoms with van der Waals surface area (Å²) in [5, 5.41) is 0. The van der Waals surface area contributed by atoms with Gasteiger partial charge in [-0.05, 0) is 0 Å². The molecule has 0 N–H and O–H groups in total. The Morgan fingerprint density at radius 2 is 2.10 bits per heavy atom. The molecule has 0 radical (unpaired) electrons. The van der Waals surface area contributed by atoms with Gasteiger partial charge in [0, 0.05) is 0 Å². The van der Waals surface area contributed by atoms with Gasteiger partial charge in [-0.25, -0.2) is 0 Å². The first-order chi connectivity index (χ1) is 4.84. The van der Waals surface area contributed by atoms with Crippen LogP contribution in [0.3, 0.4) is 0 Å². The van der Waals surface area contributed by atoms with Crippen LogP contribution in [0, 0.1) is 5.82 Å². The second-order valence-electron chi connectivity index (χ2n) is 1.64. The second-order valence-corrected chi connectivity index (χ2v) is 1.64. The zero-order chi connectivity index (χ0) is 7.40. The Bertz CT molecular complexity index is 239. The number of halogens is 1. The average Bonchev–Trinajstić information content (AvgIpc) is 1.94. The molecule has 0 aliphatic heterocycles. The van der Waals surface area contributed by atoms with E-state index in [9.17, 15) is 9.10 Å². The van der Waals surface area contributed by atoms with E-state index in [0.717, 1.165) is 0 Å². The van der Waals surface area contributed by atoms with Gasteiger partial charge in [-0.15, -0.1) is 0 Å². The maximum absolute atomic E-state index is 12.5. The zero-order valence-electron chi connectivity index (χ0n) is 5.08. The van der Waals surface area contributed by atoms with E-state index in [-0.39, 0.29) is 13.1 Å². The summed E-state index contributed by atoms with van der Waals surface area (Å²) in [6, 6.07) is 5.71. The second kappa shape index (κ2) is 3.10. The molecule has 1 aromatic rings. The van der Waals surface area contributed by atoms with E-state index in [2.05, 4.69) is 4.65 Å². The van der Waals surface area contributed by atoms with Crippen molar-refractivity contribution >= 4 is 7.35 Å².